The van der Waals surface area contributed by atoms with Crippen molar-refractivity contribution in [2.24, 2.45) is 0 Å². The molecule has 0 saturated carbocycles. The highest BCUT2D eigenvalue weighted by Crippen LogP contribution is 2.28. The summed E-state index contributed by atoms with van der Waals surface area (Å²) in [4.78, 5) is 12.3. The number of carbonyl (C=O) groups excluding carboxylic acids is 1. The maximum absolute atomic E-state index is 12.3. The van der Waals surface area contributed by atoms with E-state index < -0.39 is 22.5 Å². The number of hydrogen-bond acceptors (Lipinski definition) is 4. The zero-order chi connectivity index (χ0) is 19.3. The summed E-state index contributed by atoms with van der Waals surface area (Å²) in [7, 11) is -3.71. The van der Waals surface area contributed by atoms with E-state index in [1.165, 1.54) is 18.2 Å². The van der Waals surface area contributed by atoms with Gasteiger partial charge in [-0.2, -0.15) is 0 Å². The minimum Gasteiger partial charge on any atom is -0.494 e. The molecular weight excluding hydrogens is 399 g/mol. The molecule has 0 aliphatic rings. The summed E-state index contributed by atoms with van der Waals surface area (Å²) in [5, 5.41) is 3.14. The van der Waals surface area contributed by atoms with Crippen molar-refractivity contribution in [2.75, 3.05) is 29.0 Å². The molecule has 0 unspecified atom stereocenters. The lowest BCUT2D eigenvalue weighted by Crippen LogP contribution is -2.37. The lowest BCUT2D eigenvalue weighted by molar-refractivity contribution is -0.114. The highest BCUT2D eigenvalue weighted by molar-refractivity contribution is 7.92. The highest BCUT2D eigenvalue weighted by atomic mass is 35.5. The van der Waals surface area contributed by atoms with E-state index in [9.17, 15) is 13.2 Å². The molecule has 0 aromatic heterocycles. The van der Waals surface area contributed by atoms with Crippen LogP contribution >= 0.6 is 23.2 Å². The topological polar surface area (TPSA) is 75.7 Å². The van der Waals surface area contributed by atoms with Crippen LogP contribution in [0.1, 0.15) is 6.92 Å². The Balaban J connectivity index is 2.19. The molecule has 1 amide bonds. The second kappa shape index (κ2) is 8.62. The molecule has 0 atom stereocenters. The summed E-state index contributed by atoms with van der Waals surface area (Å²) in [5.74, 6) is 0.102. The molecule has 6 nitrogen and oxygen atoms in total. The lowest BCUT2D eigenvalue weighted by atomic mass is 10.3. The van der Waals surface area contributed by atoms with E-state index in [-0.39, 0.29) is 10.7 Å². The Morgan fingerprint density at radius 2 is 1.88 bits per heavy atom. The largest absolute Gasteiger partial charge is 0.494 e. The molecule has 1 N–H and O–H groups in total. The second-order valence-corrected chi connectivity index (χ2v) is 8.10. The summed E-state index contributed by atoms with van der Waals surface area (Å²) in [6, 6.07) is 11.2. The van der Waals surface area contributed by atoms with Crippen molar-refractivity contribution in [1.82, 2.24) is 0 Å². The Hall–Kier alpha value is -1.96. The van der Waals surface area contributed by atoms with Crippen LogP contribution in [0.25, 0.3) is 0 Å². The van der Waals surface area contributed by atoms with Crippen LogP contribution in [0.5, 0.6) is 5.75 Å². The van der Waals surface area contributed by atoms with E-state index in [2.05, 4.69) is 5.32 Å². The van der Waals surface area contributed by atoms with Gasteiger partial charge in [0.1, 0.15) is 12.3 Å². The van der Waals surface area contributed by atoms with Gasteiger partial charge in [-0.3, -0.25) is 9.10 Å². The molecule has 2 aromatic rings. The summed E-state index contributed by atoms with van der Waals surface area (Å²) in [6.07, 6.45) is 1.01. The monoisotopic (exact) mass is 416 g/mol. The van der Waals surface area contributed by atoms with Gasteiger partial charge in [-0.25, -0.2) is 8.42 Å². The van der Waals surface area contributed by atoms with E-state index in [0.717, 1.165) is 10.6 Å². The maximum Gasteiger partial charge on any atom is 0.245 e. The van der Waals surface area contributed by atoms with Crippen LogP contribution in [0.3, 0.4) is 0 Å². The molecule has 0 spiro atoms. The molecule has 0 fully saturated rings. The average molecular weight is 417 g/mol. The van der Waals surface area contributed by atoms with E-state index in [1.54, 1.807) is 24.3 Å². The van der Waals surface area contributed by atoms with Crippen molar-refractivity contribution in [2.45, 2.75) is 6.92 Å². The van der Waals surface area contributed by atoms with Crippen molar-refractivity contribution in [3.05, 3.63) is 52.5 Å². The van der Waals surface area contributed by atoms with E-state index in [0.29, 0.717) is 23.1 Å². The first-order chi connectivity index (χ1) is 12.2. The van der Waals surface area contributed by atoms with E-state index >= 15 is 0 Å². The number of rotatable bonds is 7. The smallest absolute Gasteiger partial charge is 0.245 e. The summed E-state index contributed by atoms with van der Waals surface area (Å²) >= 11 is 11.8. The molecule has 0 aliphatic carbocycles. The molecular formula is C17H18Cl2N2O4S. The Kier molecular flexibility index (Phi) is 6.75. The van der Waals surface area contributed by atoms with Gasteiger partial charge in [-0.1, -0.05) is 29.3 Å². The van der Waals surface area contributed by atoms with Gasteiger partial charge in [0.05, 0.1) is 28.6 Å². The van der Waals surface area contributed by atoms with Gasteiger partial charge in [0.25, 0.3) is 0 Å². The third-order valence-electron chi connectivity index (χ3n) is 3.31. The van der Waals surface area contributed by atoms with Crippen molar-refractivity contribution < 1.29 is 17.9 Å². The number of carbonyl (C=O) groups is 1. The summed E-state index contributed by atoms with van der Waals surface area (Å²) < 4.78 is 30.5. The number of halogens is 2. The lowest BCUT2D eigenvalue weighted by Gasteiger charge is -2.22. The Morgan fingerprint density at radius 1 is 1.15 bits per heavy atom. The van der Waals surface area contributed by atoms with Gasteiger partial charge in [0.15, 0.2) is 0 Å². The van der Waals surface area contributed by atoms with Crippen LogP contribution in [-0.4, -0.2) is 33.7 Å². The molecule has 9 heteroatoms. The number of nitrogens with zero attached hydrogens (tertiary/aromatic N) is 1. The highest BCUT2D eigenvalue weighted by Gasteiger charge is 2.21. The van der Waals surface area contributed by atoms with E-state index in [4.69, 9.17) is 27.9 Å². The summed E-state index contributed by atoms with van der Waals surface area (Å²) in [6.45, 7) is 1.94. The van der Waals surface area contributed by atoms with Gasteiger partial charge >= 0.3 is 0 Å². The second-order valence-electron chi connectivity index (χ2n) is 5.38. The molecule has 0 radical (unpaired) electrons. The van der Waals surface area contributed by atoms with Crippen molar-refractivity contribution in [3.8, 4) is 5.75 Å². The zero-order valence-electron chi connectivity index (χ0n) is 14.2. The third kappa shape index (κ3) is 5.52. The number of amides is 1. The van der Waals surface area contributed by atoms with Crippen LogP contribution in [0.15, 0.2) is 42.5 Å². The maximum atomic E-state index is 12.3. The van der Waals surface area contributed by atoms with Crippen LogP contribution in [0.4, 0.5) is 11.4 Å². The predicted octanol–water partition coefficient (Wildman–Crippen LogP) is 3.80. The first-order valence-electron chi connectivity index (χ1n) is 7.66. The predicted molar refractivity (Wildman–Crippen MR) is 105 cm³/mol. The zero-order valence-corrected chi connectivity index (χ0v) is 16.5. The number of nitrogens with one attached hydrogen (secondary N) is 1. The quantitative estimate of drug-likeness (QED) is 0.744. The van der Waals surface area contributed by atoms with Gasteiger partial charge in [0, 0.05) is 11.8 Å². The first kappa shape index (κ1) is 20.4. The SMILES string of the molecule is CCOc1cccc(NC(=O)CN(c2ccc(Cl)c(Cl)c2)S(C)(=O)=O)c1. The fourth-order valence-electron chi connectivity index (χ4n) is 2.20. The standard InChI is InChI=1S/C17H18Cl2N2O4S/c1-3-25-14-6-4-5-12(9-14)20-17(22)11-21(26(2,23)24)13-7-8-15(18)16(19)10-13/h4-10H,3,11H2,1-2H3,(H,20,22). The van der Waals surface area contributed by atoms with E-state index in [1.807, 2.05) is 6.92 Å². The molecule has 26 heavy (non-hydrogen) atoms. The number of benzene rings is 2. The van der Waals surface area contributed by atoms with Crippen molar-refractivity contribution in [1.29, 1.82) is 0 Å². The number of anilines is 2. The minimum absolute atomic E-state index is 0.197. The van der Waals surface area contributed by atoms with Gasteiger partial charge in [-0.05, 0) is 37.3 Å². The van der Waals surface area contributed by atoms with Crippen LogP contribution < -0.4 is 14.4 Å². The normalized spacial score (nSPS) is 11.1. The average Bonchev–Trinajstić information content (AvgIpc) is 2.55. The molecule has 2 rings (SSSR count). The number of ether oxygens (including phenoxy) is 1. The summed E-state index contributed by atoms with van der Waals surface area (Å²) in [5.41, 5.74) is 0.753. The Morgan fingerprint density at radius 3 is 2.50 bits per heavy atom. The Bertz CT molecular complexity index is 903. The molecule has 0 aliphatic heterocycles. The van der Waals surface area contributed by atoms with Crippen LogP contribution in [-0.2, 0) is 14.8 Å². The fourth-order valence-corrected chi connectivity index (χ4v) is 3.34. The van der Waals surface area contributed by atoms with Crippen LogP contribution in [0, 0.1) is 0 Å². The molecule has 2 aromatic carbocycles. The number of hydrogen-bond donors (Lipinski definition) is 1. The van der Waals surface area contributed by atoms with Crippen molar-refractivity contribution >= 4 is 50.5 Å². The molecule has 140 valence electrons. The molecule has 0 saturated heterocycles. The third-order valence-corrected chi connectivity index (χ3v) is 5.19. The van der Waals surface area contributed by atoms with Gasteiger partial charge < -0.3 is 10.1 Å². The number of sulfonamides is 1. The fraction of sp³-hybridized carbons (Fsp3) is 0.235. The first-order valence-corrected chi connectivity index (χ1v) is 10.3. The minimum atomic E-state index is -3.71. The van der Waals surface area contributed by atoms with Crippen molar-refractivity contribution in [3.63, 3.8) is 0 Å². The molecule has 0 bridgehead atoms. The van der Waals surface area contributed by atoms with Gasteiger partial charge in [-0.15, -0.1) is 0 Å². The van der Waals surface area contributed by atoms with Gasteiger partial charge in [0.2, 0.25) is 15.9 Å². The Labute approximate surface area is 162 Å². The molecule has 0 heterocycles. The van der Waals surface area contributed by atoms with Crippen LogP contribution in [0.2, 0.25) is 10.0 Å².